The topological polar surface area (TPSA) is 25.8 Å². The van der Waals surface area contributed by atoms with Crippen LogP contribution in [0.25, 0.3) is 67.0 Å². The summed E-state index contributed by atoms with van der Waals surface area (Å²) in [6, 6.07) is 77.3. The maximum Gasteiger partial charge on any atom is 0.160 e. The molecule has 308 valence electrons. The molecule has 9 aromatic rings. The van der Waals surface area contributed by atoms with E-state index < -0.39 is 5.41 Å². The van der Waals surface area contributed by atoms with Crippen LogP contribution in [0.15, 0.2) is 236 Å². The Morgan fingerprint density at radius 3 is 1.42 bits per heavy atom. The maximum atomic E-state index is 5.41. The molecule has 65 heavy (non-hydrogen) atoms. The third-order valence-corrected chi connectivity index (χ3v) is 14.1. The van der Waals surface area contributed by atoms with E-state index in [1.54, 1.807) is 0 Å². The molecule has 0 unspecified atom stereocenters. The van der Waals surface area contributed by atoms with Crippen molar-refractivity contribution in [1.82, 2.24) is 9.97 Å². The Morgan fingerprint density at radius 1 is 0.385 bits per heavy atom. The predicted octanol–water partition coefficient (Wildman–Crippen LogP) is 15.6. The second-order valence-corrected chi connectivity index (χ2v) is 18.0. The van der Waals surface area contributed by atoms with Crippen LogP contribution in [0, 0.1) is 0 Å². The van der Waals surface area contributed by atoms with Crippen LogP contribution < -0.4 is 0 Å². The zero-order valence-electron chi connectivity index (χ0n) is 36.5. The van der Waals surface area contributed by atoms with Crippen molar-refractivity contribution < 1.29 is 0 Å². The Kier molecular flexibility index (Phi) is 9.17. The van der Waals surface area contributed by atoms with Crippen LogP contribution in [0.5, 0.6) is 0 Å². The monoisotopic (exact) mass is 830 g/mol. The molecule has 1 heterocycles. The fraction of sp³-hybridized carbons (Fsp3) is 0.0794. The van der Waals surface area contributed by atoms with E-state index in [1.807, 2.05) is 0 Å². The Bertz CT molecular complexity index is 3280. The number of nitrogens with zero attached hydrogens (tertiary/aromatic N) is 2. The molecule has 0 aliphatic heterocycles. The molecule has 0 radical (unpaired) electrons. The minimum Gasteiger partial charge on any atom is -0.228 e. The molecule has 12 rings (SSSR count). The van der Waals surface area contributed by atoms with E-state index >= 15 is 0 Å². The lowest BCUT2D eigenvalue weighted by atomic mass is 9.51. The van der Waals surface area contributed by atoms with Gasteiger partial charge < -0.3 is 0 Å². The van der Waals surface area contributed by atoms with E-state index in [1.165, 1.54) is 77.9 Å². The minimum atomic E-state index is -0.507. The van der Waals surface area contributed by atoms with Gasteiger partial charge in [0.15, 0.2) is 5.82 Å². The summed E-state index contributed by atoms with van der Waals surface area (Å²) in [7, 11) is 0. The third kappa shape index (κ3) is 6.24. The van der Waals surface area contributed by atoms with E-state index in [0.717, 1.165) is 40.3 Å². The second-order valence-electron chi connectivity index (χ2n) is 18.0. The Morgan fingerprint density at radius 2 is 0.846 bits per heavy atom. The van der Waals surface area contributed by atoms with Gasteiger partial charge >= 0.3 is 0 Å². The summed E-state index contributed by atoms with van der Waals surface area (Å²) in [5, 5.41) is 0. The zero-order valence-corrected chi connectivity index (χ0v) is 36.5. The quantitative estimate of drug-likeness (QED) is 0.167. The highest BCUT2D eigenvalue weighted by Gasteiger charge is 2.52. The molecule has 0 atom stereocenters. The standard InChI is InChI=1S/C63H46N2/c1-62(2)55-29-14-16-31-57(55)63(58-32-17-15-30-56(58)62)48-25-18-28-51(61-64-59(45-21-8-4-9-22-45)41-60(65-61)46-23-10-5-11-24-46)52(40-48)53-39-47(37-38-54(53)63)42-33-35-44(36-34-42)50-27-13-12-26-49(50)43-19-6-3-7-20-43/h3-39,41H,40H2,1-2H3. The molecule has 1 aromatic heterocycles. The number of aromatic nitrogens is 2. The van der Waals surface area contributed by atoms with Gasteiger partial charge in [0.2, 0.25) is 0 Å². The molecule has 0 saturated heterocycles. The molecule has 1 spiro atoms. The number of hydrogen-bond acceptors (Lipinski definition) is 2. The van der Waals surface area contributed by atoms with Crippen molar-refractivity contribution in [2.24, 2.45) is 0 Å². The number of rotatable bonds is 6. The van der Waals surface area contributed by atoms with Crippen LogP contribution in [-0.4, -0.2) is 9.97 Å². The highest BCUT2D eigenvalue weighted by atomic mass is 14.9. The van der Waals surface area contributed by atoms with Gasteiger partial charge in [0.05, 0.1) is 16.8 Å². The molecule has 2 nitrogen and oxygen atoms in total. The maximum absolute atomic E-state index is 5.41. The largest absolute Gasteiger partial charge is 0.228 e. The lowest BCUT2D eigenvalue weighted by molar-refractivity contribution is 0.546. The number of fused-ring (bicyclic) bond motifs is 10. The smallest absolute Gasteiger partial charge is 0.160 e. The number of allylic oxidation sites excluding steroid dienone is 6. The van der Waals surface area contributed by atoms with E-state index in [9.17, 15) is 0 Å². The van der Waals surface area contributed by atoms with Gasteiger partial charge in [-0.25, -0.2) is 9.97 Å². The van der Waals surface area contributed by atoms with Crippen molar-refractivity contribution >= 4 is 11.1 Å². The SMILES string of the molecule is CC1(C)c2ccccc2C2(C3=CC=CC(c4nc(-c5ccccc5)cc(-c5ccccc5)n4)=C(C3)c3cc(-c4ccc(-c5ccccc5-c5ccccc5)cc4)ccc32)c2ccccc21. The van der Waals surface area contributed by atoms with Gasteiger partial charge in [-0.3, -0.25) is 0 Å². The first kappa shape index (κ1) is 38.7. The van der Waals surface area contributed by atoms with E-state index in [2.05, 4.69) is 244 Å². The van der Waals surface area contributed by atoms with Crippen molar-refractivity contribution in [1.29, 1.82) is 0 Å². The van der Waals surface area contributed by atoms with E-state index in [4.69, 9.17) is 9.97 Å². The summed E-state index contributed by atoms with van der Waals surface area (Å²) in [6.07, 6.45) is 7.65. The molecule has 3 aliphatic rings. The molecule has 0 N–H and O–H groups in total. The molecule has 0 fully saturated rings. The van der Waals surface area contributed by atoms with Gasteiger partial charge in [0.1, 0.15) is 0 Å². The lowest BCUT2D eigenvalue weighted by Crippen LogP contribution is -2.44. The normalized spacial score (nSPS) is 15.1. The van der Waals surface area contributed by atoms with Crippen molar-refractivity contribution in [3.8, 4) is 55.9 Å². The molecule has 3 aliphatic carbocycles. The van der Waals surface area contributed by atoms with Crippen LogP contribution >= 0.6 is 0 Å². The first-order valence-electron chi connectivity index (χ1n) is 22.7. The Balaban J connectivity index is 1.10. The second kappa shape index (κ2) is 15.4. The highest BCUT2D eigenvalue weighted by molar-refractivity contribution is 6.00. The first-order chi connectivity index (χ1) is 32.0. The summed E-state index contributed by atoms with van der Waals surface area (Å²) < 4.78 is 0. The fourth-order valence-corrected chi connectivity index (χ4v) is 11.1. The van der Waals surface area contributed by atoms with Crippen LogP contribution in [0.2, 0.25) is 0 Å². The van der Waals surface area contributed by atoms with Gasteiger partial charge in [-0.15, -0.1) is 0 Å². The molecular weight excluding hydrogens is 785 g/mol. The highest BCUT2D eigenvalue weighted by Crippen LogP contribution is 2.62. The number of benzene rings is 8. The molecule has 8 aromatic carbocycles. The lowest BCUT2D eigenvalue weighted by Gasteiger charge is -2.51. The Hall–Kier alpha value is -7.94. The van der Waals surface area contributed by atoms with Crippen molar-refractivity contribution in [2.45, 2.75) is 31.1 Å². The van der Waals surface area contributed by atoms with E-state index in [0.29, 0.717) is 0 Å². The summed E-state index contributed by atoms with van der Waals surface area (Å²) in [5.41, 5.74) is 22.1. The number of hydrogen-bond donors (Lipinski definition) is 0. The molecule has 2 bridgehead atoms. The van der Waals surface area contributed by atoms with Crippen LogP contribution in [-0.2, 0) is 10.8 Å². The third-order valence-electron chi connectivity index (χ3n) is 14.1. The molecule has 0 amide bonds. The summed E-state index contributed by atoms with van der Waals surface area (Å²) in [5.74, 6) is 0.727. The summed E-state index contributed by atoms with van der Waals surface area (Å²) >= 11 is 0. The molecule has 0 saturated carbocycles. The van der Waals surface area contributed by atoms with Crippen molar-refractivity contribution in [3.05, 3.63) is 275 Å². The van der Waals surface area contributed by atoms with Crippen LogP contribution in [0.1, 0.15) is 59.5 Å². The predicted molar refractivity (Wildman–Crippen MR) is 269 cm³/mol. The van der Waals surface area contributed by atoms with Gasteiger partial charge in [-0.2, -0.15) is 0 Å². The van der Waals surface area contributed by atoms with Crippen LogP contribution in [0.3, 0.4) is 0 Å². The van der Waals surface area contributed by atoms with E-state index in [-0.39, 0.29) is 5.41 Å². The van der Waals surface area contributed by atoms with Gasteiger partial charge in [-0.1, -0.05) is 232 Å². The zero-order chi connectivity index (χ0) is 43.5. The molecular formula is C63H46N2. The van der Waals surface area contributed by atoms with Gasteiger partial charge in [-0.05, 0) is 96.5 Å². The minimum absolute atomic E-state index is 0.179. The van der Waals surface area contributed by atoms with Crippen LogP contribution in [0.4, 0.5) is 0 Å². The van der Waals surface area contributed by atoms with Crippen molar-refractivity contribution in [3.63, 3.8) is 0 Å². The average molecular weight is 831 g/mol. The van der Waals surface area contributed by atoms with Gasteiger partial charge in [0.25, 0.3) is 0 Å². The molecule has 2 heteroatoms. The summed E-state index contributed by atoms with van der Waals surface area (Å²) in [4.78, 5) is 10.8. The average Bonchev–Trinajstić information content (AvgIpc) is 3.58. The summed E-state index contributed by atoms with van der Waals surface area (Å²) in [6.45, 7) is 4.77. The first-order valence-corrected chi connectivity index (χ1v) is 22.7. The van der Waals surface area contributed by atoms with Gasteiger partial charge in [0, 0.05) is 22.1 Å². The Labute approximate surface area is 381 Å². The van der Waals surface area contributed by atoms with Crippen molar-refractivity contribution in [2.75, 3.05) is 0 Å². The fourth-order valence-electron chi connectivity index (χ4n) is 11.1.